The lowest BCUT2D eigenvalue weighted by Gasteiger charge is -2.17. The lowest BCUT2D eigenvalue weighted by molar-refractivity contribution is 0.140. The van der Waals surface area contributed by atoms with Gasteiger partial charge < -0.3 is 20.5 Å². The molecule has 3 rings (SSSR count). The van der Waals surface area contributed by atoms with E-state index >= 15 is 0 Å². The lowest BCUT2D eigenvalue weighted by atomic mass is 10.1. The molecule has 1 aliphatic heterocycles. The summed E-state index contributed by atoms with van der Waals surface area (Å²) >= 11 is 0. The summed E-state index contributed by atoms with van der Waals surface area (Å²) in [5.74, 6) is 1.32. The summed E-state index contributed by atoms with van der Waals surface area (Å²) in [5.41, 5.74) is 9.36. The van der Waals surface area contributed by atoms with Crippen LogP contribution in [0.4, 0.5) is 0 Å². The Kier molecular flexibility index (Phi) is 5.90. The molecule has 3 N–H and O–H groups in total. The topological polar surface area (TPSA) is 68.9 Å². The first-order chi connectivity index (χ1) is 12.2. The molecule has 0 amide bonds. The maximum atomic E-state index is 6.10. The first-order valence-corrected chi connectivity index (χ1v) is 8.62. The number of nitrogens with two attached hydrogens (primary N) is 1. The van der Waals surface area contributed by atoms with Crippen LogP contribution in [0.15, 0.2) is 53.5 Å². The van der Waals surface area contributed by atoms with E-state index in [2.05, 4.69) is 35.4 Å². The number of rotatable bonds is 6. The number of aliphatic imine (C=N–C) groups is 1. The van der Waals surface area contributed by atoms with Crippen LogP contribution in [0.1, 0.15) is 23.1 Å². The number of ether oxygens (including phenoxy) is 2. The third kappa shape index (κ3) is 5.22. The minimum absolute atomic E-state index is 0.129. The smallest absolute Gasteiger partial charge is 0.189 e. The predicted molar refractivity (Wildman–Crippen MR) is 99.6 cm³/mol. The van der Waals surface area contributed by atoms with Crippen LogP contribution in [0, 0.1) is 6.92 Å². The summed E-state index contributed by atoms with van der Waals surface area (Å²) in [6.45, 7) is 4.62. The fraction of sp³-hybridized carbons (Fsp3) is 0.350. The van der Waals surface area contributed by atoms with Crippen LogP contribution in [0.3, 0.4) is 0 Å². The van der Waals surface area contributed by atoms with Gasteiger partial charge in [0.2, 0.25) is 0 Å². The van der Waals surface area contributed by atoms with Crippen molar-refractivity contribution in [3.63, 3.8) is 0 Å². The molecule has 0 spiro atoms. The van der Waals surface area contributed by atoms with Crippen molar-refractivity contribution in [2.45, 2.75) is 32.5 Å². The number of aryl methyl sites for hydroxylation is 1. The Morgan fingerprint density at radius 1 is 1.28 bits per heavy atom. The van der Waals surface area contributed by atoms with Gasteiger partial charge in [0.15, 0.2) is 5.96 Å². The molecule has 25 heavy (non-hydrogen) atoms. The van der Waals surface area contributed by atoms with Crippen molar-refractivity contribution in [2.24, 2.45) is 10.7 Å². The summed E-state index contributed by atoms with van der Waals surface area (Å²) in [7, 11) is 0. The van der Waals surface area contributed by atoms with Gasteiger partial charge in [0.1, 0.15) is 11.9 Å². The van der Waals surface area contributed by atoms with E-state index in [0.29, 0.717) is 25.7 Å². The van der Waals surface area contributed by atoms with Crippen LogP contribution < -0.4 is 15.8 Å². The maximum Gasteiger partial charge on any atom is 0.189 e. The molecule has 0 unspecified atom stereocenters. The van der Waals surface area contributed by atoms with Crippen LogP contribution in [-0.2, 0) is 17.8 Å². The Morgan fingerprint density at radius 3 is 2.88 bits per heavy atom. The van der Waals surface area contributed by atoms with Gasteiger partial charge in [-0.25, -0.2) is 4.99 Å². The van der Waals surface area contributed by atoms with Crippen LogP contribution in [-0.4, -0.2) is 25.3 Å². The van der Waals surface area contributed by atoms with Crippen molar-refractivity contribution in [1.29, 1.82) is 0 Å². The van der Waals surface area contributed by atoms with E-state index in [1.165, 1.54) is 5.56 Å². The second kappa shape index (κ2) is 8.53. The van der Waals surface area contributed by atoms with Crippen molar-refractivity contribution in [3.05, 3.63) is 65.2 Å². The Balaban J connectivity index is 1.59. The number of benzene rings is 2. The van der Waals surface area contributed by atoms with E-state index in [0.717, 1.165) is 29.9 Å². The van der Waals surface area contributed by atoms with Crippen molar-refractivity contribution in [1.82, 2.24) is 5.32 Å². The highest BCUT2D eigenvalue weighted by Crippen LogP contribution is 2.23. The fourth-order valence-electron chi connectivity index (χ4n) is 2.70. The summed E-state index contributed by atoms with van der Waals surface area (Å²) in [5, 5.41) is 3.17. The SMILES string of the molecule is Cc1ccc(CNC(N)=NCc2ccccc2)c(O[C@@H]2CCOC2)c1. The third-order valence-electron chi connectivity index (χ3n) is 4.14. The largest absolute Gasteiger partial charge is 0.488 e. The van der Waals surface area contributed by atoms with E-state index in [1.54, 1.807) is 0 Å². The van der Waals surface area contributed by atoms with E-state index in [-0.39, 0.29) is 6.10 Å². The minimum atomic E-state index is 0.129. The summed E-state index contributed by atoms with van der Waals surface area (Å²) in [6.07, 6.45) is 1.06. The molecule has 0 bridgehead atoms. The molecule has 2 aromatic carbocycles. The molecule has 0 aliphatic carbocycles. The molecule has 5 heteroatoms. The molecular formula is C20H25N3O2. The second-order valence-electron chi connectivity index (χ2n) is 6.26. The van der Waals surface area contributed by atoms with Gasteiger partial charge in [-0.1, -0.05) is 42.5 Å². The zero-order valence-electron chi connectivity index (χ0n) is 14.6. The Morgan fingerprint density at radius 2 is 2.12 bits per heavy atom. The van der Waals surface area contributed by atoms with Crippen LogP contribution in [0.25, 0.3) is 0 Å². The molecule has 0 aromatic heterocycles. The van der Waals surface area contributed by atoms with Crippen LogP contribution >= 0.6 is 0 Å². The normalized spacial score (nSPS) is 17.5. The standard InChI is InChI=1S/C20H25N3O2/c1-15-7-8-17(19(11-15)25-18-9-10-24-14-18)13-23-20(21)22-12-16-5-3-2-4-6-16/h2-8,11,18H,9-10,12-14H2,1H3,(H3,21,22,23)/t18-/m1/s1. The molecule has 2 aromatic rings. The molecule has 1 fully saturated rings. The van der Waals surface area contributed by atoms with Crippen molar-refractivity contribution in [3.8, 4) is 5.75 Å². The molecule has 1 heterocycles. The van der Waals surface area contributed by atoms with Crippen LogP contribution in [0.2, 0.25) is 0 Å². The lowest BCUT2D eigenvalue weighted by Crippen LogP contribution is -2.31. The molecule has 1 atom stereocenters. The first-order valence-electron chi connectivity index (χ1n) is 8.62. The average molecular weight is 339 g/mol. The monoisotopic (exact) mass is 339 g/mol. The fourth-order valence-corrected chi connectivity index (χ4v) is 2.70. The minimum Gasteiger partial charge on any atom is -0.488 e. The summed E-state index contributed by atoms with van der Waals surface area (Å²) < 4.78 is 11.5. The molecule has 1 saturated heterocycles. The predicted octanol–water partition coefficient (Wildman–Crippen LogP) is 2.77. The maximum absolute atomic E-state index is 6.10. The van der Waals surface area contributed by atoms with Gasteiger partial charge in [-0.05, 0) is 24.1 Å². The van der Waals surface area contributed by atoms with E-state index in [9.17, 15) is 0 Å². The number of nitrogens with zero attached hydrogens (tertiary/aromatic N) is 1. The highest BCUT2D eigenvalue weighted by atomic mass is 16.5. The van der Waals surface area contributed by atoms with E-state index < -0.39 is 0 Å². The van der Waals surface area contributed by atoms with Gasteiger partial charge in [-0.2, -0.15) is 0 Å². The molecule has 1 aliphatic rings. The van der Waals surface area contributed by atoms with Gasteiger partial charge in [0, 0.05) is 18.5 Å². The third-order valence-corrected chi connectivity index (χ3v) is 4.14. The zero-order chi connectivity index (χ0) is 17.5. The second-order valence-corrected chi connectivity index (χ2v) is 6.26. The Labute approximate surface area is 148 Å². The van der Waals surface area contributed by atoms with Crippen LogP contribution in [0.5, 0.6) is 5.75 Å². The van der Waals surface area contributed by atoms with Gasteiger partial charge >= 0.3 is 0 Å². The highest BCUT2D eigenvalue weighted by molar-refractivity contribution is 5.77. The summed E-state index contributed by atoms with van der Waals surface area (Å²) in [6, 6.07) is 16.3. The van der Waals surface area contributed by atoms with Crippen molar-refractivity contribution in [2.75, 3.05) is 13.2 Å². The molecule has 132 valence electrons. The van der Waals surface area contributed by atoms with Crippen molar-refractivity contribution >= 4 is 5.96 Å². The first kappa shape index (κ1) is 17.3. The molecular weight excluding hydrogens is 314 g/mol. The van der Waals surface area contributed by atoms with E-state index in [1.807, 2.05) is 30.3 Å². The zero-order valence-corrected chi connectivity index (χ0v) is 14.6. The molecule has 0 radical (unpaired) electrons. The average Bonchev–Trinajstić information content (AvgIpc) is 3.13. The number of guanidine groups is 1. The quantitative estimate of drug-likeness (QED) is 0.627. The number of nitrogens with one attached hydrogen (secondary N) is 1. The number of hydrogen-bond acceptors (Lipinski definition) is 3. The van der Waals surface area contributed by atoms with Gasteiger partial charge in [0.25, 0.3) is 0 Å². The number of hydrogen-bond donors (Lipinski definition) is 2. The van der Waals surface area contributed by atoms with Gasteiger partial charge in [-0.3, -0.25) is 0 Å². The highest BCUT2D eigenvalue weighted by Gasteiger charge is 2.18. The van der Waals surface area contributed by atoms with Gasteiger partial charge in [0.05, 0.1) is 19.8 Å². The van der Waals surface area contributed by atoms with Crippen molar-refractivity contribution < 1.29 is 9.47 Å². The summed E-state index contributed by atoms with van der Waals surface area (Å²) in [4.78, 5) is 4.38. The molecule has 0 saturated carbocycles. The van der Waals surface area contributed by atoms with E-state index in [4.69, 9.17) is 15.2 Å². The Hall–Kier alpha value is -2.53. The molecule has 5 nitrogen and oxygen atoms in total. The van der Waals surface area contributed by atoms with Gasteiger partial charge in [-0.15, -0.1) is 0 Å². The Bertz CT molecular complexity index is 710.